The molecule has 4 nitrogen and oxygen atoms in total. The molecule has 1 fully saturated rings. The van der Waals surface area contributed by atoms with Crippen LogP contribution in [0, 0.1) is 5.82 Å². The fourth-order valence-electron chi connectivity index (χ4n) is 1.70. The zero-order valence-electron chi connectivity index (χ0n) is 8.92. The highest BCUT2D eigenvalue weighted by atomic mass is 79.9. The van der Waals surface area contributed by atoms with Crippen LogP contribution in [0.5, 0.6) is 0 Å². The Hall–Kier alpha value is -1.43. The fourth-order valence-corrected chi connectivity index (χ4v) is 2.06. The smallest absolute Gasteiger partial charge is 0.336 e. The topological polar surface area (TPSA) is 55.4 Å². The minimum Gasteiger partial charge on any atom is -0.454 e. The van der Waals surface area contributed by atoms with Crippen molar-refractivity contribution in [1.82, 2.24) is 5.32 Å². The summed E-state index contributed by atoms with van der Waals surface area (Å²) in [5.41, 5.74) is -1.41. The quantitative estimate of drug-likeness (QED) is 0.799. The van der Waals surface area contributed by atoms with Crippen LogP contribution in [-0.2, 0) is 19.9 Å². The molecule has 0 saturated carbocycles. The number of carbonyl (C=O) groups excluding carboxylic acids is 2. The number of ether oxygens (including phenoxy) is 1. The first-order chi connectivity index (χ1) is 7.93. The van der Waals surface area contributed by atoms with Crippen LogP contribution < -0.4 is 5.32 Å². The molecule has 1 N–H and O–H groups in total. The molecule has 0 aromatic heterocycles. The van der Waals surface area contributed by atoms with Crippen LogP contribution in [0.1, 0.15) is 12.5 Å². The molecule has 1 amide bonds. The molecule has 0 spiro atoms. The maximum atomic E-state index is 13.7. The van der Waals surface area contributed by atoms with Gasteiger partial charge in [-0.3, -0.25) is 4.79 Å². The average Bonchev–Trinajstić information content (AvgIpc) is 2.27. The maximum Gasteiger partial charge on any atom is 0.336 e. The van der Waals surface area contributed by atoms with Crippen molar-refractivity contribution in [2.75, 3.05) is 6.61 Å². The number of amides is 1. The molecule has 1 aliphatic heterocycles. The Morgan fingerprint density at radius 2 is 2.18 bits per heavy atom. The van der Waals surface area contributed by atoms with Crippen molar-refractivity contribution in [2.45, 2.75) is 12.5 Å². The van der Waals surface area contributed by atoms with Gasteiger partial charge in [0.1, 0.15) is 5.82 Å². The van der Waals surface area contributed by atoms with Crippen LogP contribution in [0.2, 0.25) is 0 Å². The molecule has 0 aliphatic carbocycles. The van der Waals surface area contributed by atoms with E-state index >= 15 is 0 Å². The van der Waals surface area contributed by atoms with E-state index < -0.39 is 23.2 Å². The van der Waals surface area contributed by atoms with Crippen molar-refractivity contribution in [1.29, 1.82) is 0 Å². The van der Waals surface area contributed by atoms with Gasteiger partial charge in [0.2, 0.25) is 0 Å². The number of cyclic esters (lactones) is 1. The SMILES string of the molecule is CC1(c2cc(Br)ccc2F)NC(=O)COC1=O. The van der Waals surface area contributed by atoms with E-state index in [0.717, 1.165) is 0 Å². The Morgan fingerprint density at radius 1 is 1.47 bits per heavy atom. The molecule has 17 heavy (non-hydrogen) atoms. The summed E-state index contributed by atoms with van der Waals surface area (Å²) in [7, 11) is 0. The summed E-state index contributed by atoms with van der Waals surface area (Å²) in [4.78, 5) is 23.0. The summed E-state index contributed by atoms with van der Waals surface area (Å²) in [6.07, 6.45) is 0. The first kappa shape index (κ1) is 12.0. The van der Waals surface area contributed by atoms with Gasteiger partial charge >= 0.3 is 5.97 Å². The summed E-state index contributed by atoms with van der Waals surface area (Å²) >= 11 is 3.19. The largest absolute Gasteiger partial charge is 0.454 e. The van der Waals surface area contributed by atoms with Crippen LogP contribution in [0.4, 0.5) is 4.39 Å². The van der Waals surface area contributed by atoms with Crippen LogP contribution in [0.3, 0.4) is 0 Å². The Balaban J connectivity index is 2.52. The molecule has 0 radical (unpaired) electrons. The third kappa shape index (κ3) is 2.04. The van der Waals surface area contributed by atoms with Gasteiger partial charge in [-0.25, -0.2) is 9.18 Å². The van der Waals surface area contributed by atoms with Gasteiger partial charge in [0.05, 0.1) is 0 Å². The summed E-state index contributed by atoms with van der Waals surface area (Å²) in [5, 5.41) is 2.45. The summed E-state index contributed by atoms with van der Waals surface area (Å²) in [5.74, 6) is -1.70. The minimum atomic E-state index is -1.48. The van der Waals surface area contributed by atoms with Crippen molar-refractivity contribution in [3.05, 3.63) is 34.1 Å². The standard InChI is InChI=1S/C11H9BrFNO3/c1-11(10(16)17-5-9(15)14-11)7-4-6(12)2-3-8(7)13/h2-4H,5H2,1H3,(H,14,15). The molecule has 1 aromatic carbocycles. The molecule has 2 rings (SSSR count). The van der Waals surface area contributed by atoms with E-state index in [9.17, 15) is 14.0 Å². The second-order valence-corrected chi connectivity index (χ2v) is 4.79. The van der Waals surface area contributed by atoms with Gasteiger partial charge in [-0.1, -0.05) is 15.9 Å². The van der Waals surface area contributed by atoms with E-state index in [4.69, 9.17) is 4.74 Å². The number of hydrogen-bond acceptors (Lipinski definition) is 3. The van der Waals surface area contributed by atoms with Gasteiger partial charge in [0, 0.05) is 10.0 Å². The lowest BCUT2D eigenvalue weighted by molar-refractivity contribution is -0.163. The molecule has 1 aliphatic rings. The molecule has 1 unspecified atom stereocenters. The number of halogens is 2. The van der Waals surface area contributed by atoms with Crippen LogP contribution in [0.25, 0.3) is 0 Å². The van der Waals surface area contributed by atoms with Crippen molar-refractivity contribution in [3.63, 3.8) is 0 Å². The van der Waals surface area contributed by atoms with Gasteiger partial charge in [-0.2, -0.15) is 0 Å². The Labute approximate surface area is 105 Å². The number of benzene rings is 1. The molecular formula is C11H9BrFNO3. The van der Waals surface area contributed by atoms with Gasteiger partial charge < -0.3 is 10.1 Å². The van der Waals surface area contributed by atoms with Crippen molar-refractivity contribution < 1.29 is 18.7 Å². The van der Waals surface area contributed by atoms with E-state index in [1.165, 1.54) is 25.1 Å². The first-order valence-electron chi connectivity index (χ1n) is 4.87. The second-order valence-electron chi connectivity index (χ2n) is 3.87. The van der Waals surface area contributed by atoms with Gasteiger partial charge in [-0.15, -0.1) is 0 Å². The van der Waals surface area contributed by atoms with E-state index in [0.29, 0.717) is 4.47 Å². The fraction of sp³-hybridized carbons (Fsp3) is 0.273. The predicted molar refractivity (Wildman–Crippen MR) is 60.6 cm³/mol. The van der Waals surface area contributed by atoms with Crippen molar-refractivity contribution in [2.24, 2.45) is 0 Å². The summed E-state index contributed by atoms with van der Waals surface area (Å²) in [6, 6.07) is 4.18. The van der Waals surface area contributed by atoms with Crippen LogP contribution in [-0.4, -0.2) is 18.5 Å². The van der Waals surface area contributed by atoms with E-state index in [1.54, 1.807) is 0 Å². The Bertz CT molecular complexity index is 505. The zero-order chi connectivity index (χ0) is 12.6. The van der Waals surface area contributed by atoms with E-state index in [-0.39, 0.29) is 12.2 Å². The molecule has 1 aromatic rings. The third-order valence-electron chi connectivity index (χ3n) is 2.60. The third-order valence-corrected chi connectivity index (χ3v) is 3.09. The van der Waals surface area contributed by atoms with Gasteiger partial charge in [-0.05, 0) is 25.1 Å². The number of hydrogen-bond donors (Lipinski definition) is 1. The molecule has 0 bridgehead atoms. The molecular weight excluding hydrogens is 293 g/mol. The molecule has 1 heterocycles. The molecule has 6 heteroatoms. The maximum absolute atomic E-state index is 13.7. The monoisotopic (exact) mass is 301 g/mol. The number of morpholine rings is 1. The van der Waals surface area contributed by atoms with Crippen molar-refractivity contribution in [3.8, 4) is 0 Å². The predicted octanol–water partition coefficient (Wildman–Crippen LogP) is 1.48. The van der Waals surface area contributed by atoms with Crippen LogP contribution >= 0.6 is 15.9 Å². The summed E-state index contributed by atoms with van der Waals surface area (Å²) < 4.78 is 19.1. The number of nitrogens with one attached hydrogen (secondary N) is 1. The lowest BCUT2D eigenvalue weighted by Crippen LogP contribution is -2.56. The highest BCUT2D eigenvalue weighted by Crippen LogP contribution is 2.29. The second kappa shape index (κ2) is 4.10. The molecule has 1 atom stereocenters. The zero-order valence-corrected chi connectivity index (χ0v) is 10.5. The minimum absolute atomic E-state index is 0.0740. The van der Waals surface area contributed by atoms with E-state index in [1.807, 2.05) is 0 Å². The molecule has 1 saturated heterocycles. The first-order valence-corrected chi connectivity index (χ1v) is 5.66. The number of esters is 1. The van der Waals surface area contributed by atoms with Gasteiger partial charge in [0.15, 0.2) is 12.1 Å². The van der Waals surface area contributed by atoms with Crippen molar-refractivity contribution >= 4 is 27.8 Å². The lowest BCUT2D eigenvalue weighted by Gasteiger charge is -2.32. The normalized spacial score (nSPS) is 24.2. The highest BCUT2D eigenvalue weighted by molar-refractivity contribution is 9.10. The number of rotatable bonds is 1. The van der Waals surface area contributed by atoms with E-state index in [2.05, 4.69) is 21.2 Å². The summed E-state index contributed by atoms with van der Waals surface area (Å²) in [6.45, 7) is 1.08. The van der Waals surface area contributed by atoms with Gasteiger partial charge in [0.25, 0.3) is 5.91 Å². The Morgan fingerprint density at radius 3 is 2.88 bits per heavy atom. The lowest BCUT2D eigenvalue weighted by atomic mass is 9.90. The highest BCUT2D eigenvalue weighted by Gasteiger charge is 2.44. The Kier molecular flexibility index (Phi) is 2.91. The van der Waals surface area contributed by atoms with Crippen LogP contribution in [0.15, 0.2) is 22.7 Å². The number of carbonyl (C=O) groups is 2. The average molecular weight is 302 g/mol. The molecule has 90 valence electrons.